The van der Waals surface area contributed by atoms with Gasteiger partial charge in [0.1, 0.15) is 17.3 Å². The molecule has 3 rings (SSSR count). The molecule has 1 heterocycles. The van der Waals surface area contributed by atoms with Gasteiger partial charge in [-0.3, -0.25) is 10.1 Å². The molecule has 0 aromatic heterocycles. The number of esters is 1. The second-order valence-electron chi connectivity index (χ2n) is 8.32. The van der Waals surface area contributed by atoms with Crippen molar-refractivity contribution in [1.29, 1.82) is 0 Å². The largest absolute Gasteiger partial charge is 0.460 e. The number of carbonyl (C=O) groups excluding carboxylic acids is 1. The molecular formula is C25H28N4O7S. The number of sulfone groups is 1. The van der Waals surface area contributed by atoms with Gasteiger partial charge in [-0.15, -0.1) is 0 Å². The lowest BCUT2D eigenvalue weighted by molar-refractivity contribution is -0.384. The number of hydrogen-bond donors (Lipinski definition) is 1. The molecule has 0 spiro atoms. The molecule has 0 fully saturated rings. The fourth-order valence-corrected chi connectivity index (χ4v) is 5.46. The molecule has 37 heavy (non-hydrogen) atoms. The molecule has 11 nitrogen and oxygen atoms in total. The first kappa shape index (κ1) is 27.6. The number of methoxy groups -OCH3 is 1. The second kappa shape index (κ2) is 11.8. The molecule has 0 bridgehead atoms. The lowest BCUT2D eigenvalue weighted by Gasteiger charge is -2.30. The van der Waals surface area contributed by atoms with E-state index >= 15 is 0 Å². The Morgan fingerprint density at radius 2 is 1.86 bits per heavy atom. The number of dihydropyridines is 1. The molecule has 0 saturated heterocycles. The van der Waals surface area contributed by atoms with Crippen LogP contribution >= 0.6 is 0 Å². The standard InChI is InChI=1S/C25H28N4O7S/c1-17-21(25(30)36-14-13-35-4)22(18-9-8-10-19(15-18)29(31)32)23(24(27-17)26-16-28(2)3)37(33,34)20-11-6-5-7-12-20/h5-12,15-16,22,27H,13-14H2,1-4H3. The Morgan fingerprint density at radius 3 is 2.49 bits per heavy atom. The number of nitrogens with one attached hydrogen (secondary N) is 1. The highest BCUT2D eigenvalue weighted by atomic mass is 32.2. The summed E-state index contributed by atoms with van der Waals surface area (Å²) >= 11 is 0. The zero-order valence-corrected chi connectivity index (χ0v) is 21.7. The highest BCUT2D eigenvalue weighted by Crippen LogP contribution is 2.44. The van der Waals surface area contributed by atoms with Gasteiger partial charge in [-0.05, 0) is 24.6 Å². The van der Waals surface area contributed by atoms with Crippen molar-refractivity contribution in [1.82, 2.24) is 10.2 Å². The maximum absolute atomic E-state index is 14.1. The molecule has 12 heteroatoms. The summed E-state index contributed by atoms with van der Waals surface area (Å²) in [5.74, 6) is -2.04. The fraction of sp³-hybridized carbons (Fsp3) is 0.280. The zero-order valence-electron chi connectivity index (χ0n) is 20.9. The fourth-order valence-electron chi connectivity index (χ4n) is 3.77. The van der Waals surface area contributed by atoms with E-state index in [1.165, 1.54) is 49.8 Å². The summed E-state index contributed by atoms with van der Waals surface area (Å²) in [4.78, 5) is 30.0. The van der Waals surface area contributed by atoms with Crippen molar-refractivity contribution in [3.8, 4) is 0 Å². The number of nitro benzene ring substituents is 1. The second-order valence-corrected chi connectivity index (χ2v) is 10.2. The van der Waals surface area contributed by atoms with Crippen molar-refractivity contribution in [2.24, 2.45) is 4.99 Å². The van der Waals surface area contributed by atoms with E-state index in [1.807, 2.05) is 0 Å². The van der Waals surface area contributed by atoms with Crippen molar-refractivity contribution in [2.45, 2.75) is 17.7 Å². The summed E-state index contributed by atoms with van der Waals surface area (Å²) in [6.45, 7) is 1.66. The minimum absolute atomic E-state index is 0.00471. The summed E-state index contributed by atoms with van der Waals surface area (Å²) in [6, 6.07) is 13.2. The quantitative estimate of drug-likeness (QED) is 0.123. The first-order valence-electron chi connectivity index (χ1n) is 11.2. The summed E-state index contributed by atoms with van der Waals surface area (Å²) in [6.07, 6.45) is 1.42. The van der Waals surface area contributed by atoms with Crippen molar-refractivity contribution in [3.63, 3.8) is 0 Å². The minimum atomic E-state index is -4.26. The van der Waals surface area contributed by atoms with Crippen LogP contribution in [-0.4, -0.2) is 65.0 Å². The third-order valence-corrected chi connectivity index (χ3v) is 7.31. The highest BCUT2D eigenvalue weighted by molar-refractivity contribution is 7.95. The van der Waals surface area contributed by atoms with E-state index < -0.39 is 26.6 Å². The predicted molar refractivity (Wildman–Crippen MR) is 137 cm³/mol. The number of benzene rings is 2. The summed E-state index contributed by atoms with van der Waals surface area (Å²) in [7, 11) is 0.637. The number of rotatable bonds is 10. The maximum atomic E-state index is 14.1. The van der Waals surface area contributed by atoms with E-state index in [1.54, 1.807) is 44.1 Å². The monoisotopic (exact) mass is 528 g/mol. The van der Waals surface area contributed by atoms with Crippen LogP contribution in [0.1, 0.15) is 18.4 Å². The van der Waals surface area contributed by atoms with Gasteiger partial charge < -0.3 is 19.7 Å². The molecule has 2 aromatic rings. The highest BCUT2D eigenvalue weighted by Gasteiger charge is 2.42. The van der Waals surface area contributed by atoms with Gasteiger partial charge in [0.15, 0.2) is 0 Å². The number of allylic oxidation sites excluding steroid dienone is 2. The molecule has 0 amide bonds. The molecule has 1 aliphatic rings. The third-order valence-electron chi connectivity index (χ3n) is 5.41. The molecule has 0 aliphatic carbocycles. The SMILES string of the molecule is COCCOC(=O)C1=C(C)NC(N=CN(C)C)=C(S(=O)(=O)c2ccccc2)C1c1cccc([N+](=O)[O-])c1. The van der Waals surface area contributed by atoms with Crippen LogP contribution in [0.15, 0.2) is 86.5 Å². The van der Waals surface area contributed by atoms with Crippen molar-refractivity contribution in [2.75, 3.05) is 34.4 Å². The molecule has 0 saturated carbocycles. The smallest absolute Gasteiger partial charge is 0.336 e. The van der Waals surface area contributed by atoms with Gasteiger partial charge in [0, 0.05) is 39.0 Å². The van der Waals surface area contributed by atoms with Crippen LogP contribution in [0.5, 0.6) is 0 Å². The predicted octanol–water partition coefficient (Wildman–Crippen LogP) is 2.98. The number of aliphatic imine (C=N–C) groups is 1. The van der Waals surface area contributed by atoms with E-state index in [-0.39, 0.29) is 45.7 Å². The molecule has 196 valence electrons. The Labute approximate surface area is 215 Å². The van der Waals surface area contributed by atoms with Crippen LogP contribution in [0.2, 0.25) is 0 Å². The van der Waals surface area contributed by atoms with Gasteiger partial charge in [0.05, 0.1) is 34.3 Å². The first-order chi connectivity index (χ1) is 17.6. The summed E-state index contributed by atoms with van der Waals surface area (Å²) in [5, 5.41) is 14.5. The topological polar surface area (TPSA) is 140 Å². The van der Waals surface area contributed by atoms with Crippen molar-refractivity contribution >= 4 is 27.8 Å². The summed E-state index contributed by atoms with van der Waals surface area (Å²) in [5.41, 5.74) is 0.267. The van der Waals surface area contributed by atoms with E-state index in [0.717, 1.165) is 0 Å². The molecule has 2 aromatic carbocycles. The number of non-ortho nitro benzene ring substituents is 1. The third kappa shape index (κ3) is 6.22. The van der Waals surface area contributed by atoms with Crippen LogP contribution in [0.4, 0.5) is 5.69 Å². The molecule has 0 radical (unpaired) electrons. The molecule has 1 unspecified atom stereocenters. The van der Waals surface area contributed by atoms with Gasteiger partial charge >= 0.3 is 5.97 Å². The van der Waals surface area contributed by atoms with E-state index in [4.69, 9.17) is 9.47 Å². The number of nitro groups is 1. The number of hydrogen-bond acceptors (Lipinski definition) is 9. The Hall–Kier alpha value is -4.03. The number of carbonyl (C=O) groups is 1. The lowest BCUT2D eigenvalue weighted by Crippen LogP contribution is -2.33. The zero-order chi connectivity index (χ0) is 27.2. The van der Waals surface area contributed by atoms with Crippen LogP contribution in [0.25, 0.3) is 0 Å². The van der Waals surface area contributed by atoms with Gasteiger partial charge in [0.25, 0.3) is 5.69 Å². The van der Waals surface area contributed by atoms with Crippen LogP contribution in [0.3, 0.4) is 0 Å². The number of ether oxygens (including phenoxy) is 2. The van der Waals surface area contributed by atoms with Gasteiger partial charge in [-0.1, -0.05) is 30.3 Å². The average molecular weight is 529 g/mol. The average Bonchev–Trinajstić information content (AvgIpc) is 2.87. The van der Waals surface area contributed by atoms with Gasteiger partial charge in [-0.2, -0.15) is 0 Å². The molecular weight excluding hydrogens is 500 g/mol. The van der Waals surface area contributed by atoms with Crippen LogP contribution in [0, 0.1) is 10.1 Å². The van der Waals surface area contributed by atoms with E-state index in [9.17, 15) is 23.3 Å². The molecule has 1 atom stereocenters. The Morgan fingerprint density at radius 1 is 1.16 bits per heavy atom. The summed E-state index contributed by atoms with van der Waals surface area (Å²) < 4.78 is 38.4. The van der Waals surface area contributed by atoms with Crippen molar-refractivity contribution in [3.05, 3.63) is 92.3 Å². The molecule has 1 N–H and O–H groups in total. The van der Waals surface area contributed by atoms with Crippen LogP contribution in [-0.2, 0) is 24.1 Å². The van der Waals surface area contributed by atoms with E-state index in [0.29, 0.717) is 5.70 Å². The first-order valence-corrected chi connectivity index (χ1v) is 12.7. The minimum Gasteiger partial charge on any atom is -0.460 e. The van der Waals surface area contributed by atoms with Crippen LogP contribution < -0.4 is 5.32 Å². The maximum Gasteiger partial charge on any atom is 0.336 e. The van der Waals surface area contributed by atoms with E-state index in [2.05, 4.69) is 10.3 Å². The molecule has 1 aliphatic heterocycles. The number of nitrogens with zero attached hydrogens (tertiary/aromatic N) is 3. The Balaban J connectivity index is 2.34. The van der Waals surface area contributed by atoms with Gasteiger partial charge in [-0.25, -0.2) is 18.2 Å². The Bertz CT molecular complexity index is 1370. The van der Waals surface area contributed by atoms with Gasteiger partial charge in [0.2, 0.25) is 9.84 Å². The normalized spacial score (nSPS) is 16.1. The lowest BCUT2D eigenvalue weighted by atomic mass is 9.87. The van der Waals surface area contributed by atoms with Crippen molar-refractivity contribution < 1.29 is 27.6 Å². The Kier molecular flexibility index (Phi) is 8.79.